The van der Waals surface area contributed by atoms with Gasteiger partial charge in [-0.3, -0.25) is 0 Å². The highest BCUT2D eigenvalue weighted by Gasteiger charge is 2.48. The Balaban J connectivity index is 4.81. The molecule has 0 saturated carbocycles. The van der Waals surface area contributed by atoms with Crippen LogP contribution in [0, 0.1) is 0 Å². The molecular formula is C13H30O4Si. The first-order chi connectivity index (χ1) is 8.42. The second-order valence-corrected chi connectivity index (χ2v) is 6.83. The molecule has 0 rings (SSSR count). The van der Waals surface area contributed by atoms with E-state index >= 15 is 0 Å². The first-order valence-corrected chi connectivity index (χ1v) is 8.64. The van der Waals surface area contributed by atoms with E-state index < -0.39 is 9.05 Å². The van der Waals surface area contributed by atoms with Gasteiger partial charge >= 0.3 is 9.05 Å². The maximum Gasteiger partial charge on any atom is 0.680 e. The third-order valence-electron chi connectivity index (χ3n) is 3.01. The Hall–Kier alpha value is 0.0569. The predicted molar refractivity (Wildman–Crippen MR) is 75.3 cm³/mol. The van der Waals surface area contributed by atoms with Gasteiger partial charge in [-0.05, 0) is 40.0 Å². The van der Waals surface area contributed by atoms with Gasteiger partial charge in [0.1, 0.15) is 0 Å². The molecule has 0 aromatic carbocycles. The Morgan fingerprint density at radius 2 is 1.00 bits per heavy atom. The fourth-order valence-electron chi connectivity index (χ4n) is 1.22. The summed E-state index contributed by atoms with van der Waals surface area (Å²) in [6.45, 7) is 12.3. The molecule has 0 heterocycles. The molecule has 0 N–H and O–H groups in total. The van der Waals surface area contributed by atoms with E-state index in [1.54, 1.807) is 7.11 Å². The summed E-state index contributed by atoms with van der Waals surface area (Å²) in [5.41, 5.74) is 0. The molecule has 110 valence electrons. The minimum atomic E-state index is -3.02. The molecule has 3 unspecified atom stereocenters. The molecule has 0 saturated heterocycles. The molecule has 0 aromatic heterocycles. The summed E-state index contributed by atoms with van der Waals surface area (Å²) in [5.74, 6) is 0. The van der Waals surface area contributed by atoms with Gasteiger partial charge in [0, 0.05) is 25.4 Å². The zero-order chi connectivity index (χ0) is 14.2. The Bertz CT molecular complexity index is 182. The molecule has 0 aliphatic heterocycles. The highest BCUT2D eigenvalue weighted by Crippen LogP contribution is 2.20. The Morgan fingerprint density at radius 1 is 0.722 bits per heavy atom. The molecule has 3 atom stereocenters. The van der Waals surface area contributed by atoms with Crippen LogP contribution >= 0.6 is 0 Å². The second kappa shape index (κ2) is 9.04. The highest BCUT2D eigenvalue weighted by atomic mass is 28.4. The van der Waals surface area contributed by atoms with Crippen molar-refractivity contribution in [3.8, 4) is 0 Å². The van der Waals surface area contributed by atoms with Crippen LogP contribution in [0.15, 0.2) is 0 Å². The van der Waals surface area contributed by atoms with Crippen LogP contribution < -0.4 is 0 Å². The lowest BCUT2D eigenvalue weighted by atomic mass is 10.3. The summed E-state index contributed by atoms with van der Waals surface area (Å²) in [5, 5.41) is 0. The van der Waals surface area contributed by atoms with Crippen molar-refractivity contribution in [2.75, 3.05) is 7.11 Å². The molecule has 0 aliphatic carbocycles. The molecule has 0 radical (unpaired) electrons. The molecule has 0 aliphatic rings. The molecule has 0 fully saturated rings. The standard InChI is InChI=1S/C13H30O4Si/c1-8-11(4)15-18(14-7,16-12(5)9-2)17-13(6)10-3/h11-13H,8-10H2,1-7H3. The van der Waals surface area contributed by atoms with Crippen molar-refractivity contribution in [2.24, 2.45) is 0 Å². The lowest BCUT2D eigenvalue weighted by Gasteiger charge is -2.33. The largest absolute Gasteiger partial charge is 0.680 e. The van der Waals surface area contributed by atoms with E-state index in [-0.39, 0.29) is 18.3 Å². The van der Waals surface area contributed by atoms with Gasteiger partial charge in [0.25, 0.3) is 0 Å². The fourth-order valence-corrected chi connectivity index (χ4v) is 3.65. The van der Waals surface area contributed by atoms with Crippen molar-refractivity contribution in [1.29, 1.82) is 0 Å². The van der Waals surface area contributed by atoms with Crippen LogP contribution in [0.1, 0.15) is 60.8 Å². The van der Waals surface area contributed by atoms with E-state index in [0.29, 0.717) is 0 Å². The van der Waals surface area contributed by atoms with Crippen LogP contribution in [0.25, 0.3) is 0 Å². The van der Waals surface area contributed by atoms with E-state index in [4.69, 9.17) is 17.7 Å². The van der Waals surface area contributed by atoms with E-state index in [1.807, 2.05) is 20.8 Å². The fraction of sp³-hybridized carbons (Fsp3) is 1.00. The van der Waals surface area contributed by atoms with E-state index in [0.717, 1.165) is 19.3 Å². The van der Waals surface area contributed by atoms with Crippen molar-refractivity contribution in [2.45, 2.75) is 79.1 Å². The zero-order valence-corrected chi connectivity index (χ0v) is 14.0. The van der Waals surface area contributed by atoms with Gasteiger partial charge in [-0.25, -0.2) is 0 Å². The average molecular weight is 278 g/mol. The Labute approximate surface area is 113 Å². The molecule has 4 nitrogen and oxygen atoms in total. The lowest BCUT2D eigenvalue weighted by Crippen LogP contribution is -2.53. The van der Waals surface area contributed by atoms with E-state index in [2.05, 4.69) is 20.8 Å². The summed E-state index contributed by atoms with van der Waals surface area (Å²) >= 11 is 0. The SMILES string of the molecule is CCC(C)O[Si](OC)(OC(C)CC)OC(C)CC. The van der Waals surface area contributed by atoms with Gasteiger partial charge in [-0.15, -0.1) is 0 Å². The maximum absolute atomic E-state index is 5.95. The average Bonchev–Trinajstić information content (AvgIpc) is 2.37. The normalized spacial score (nSPS) is 20.2. The van der Waals surface area contributed by atoms with Crippen molar-refractivity contribution in [3.05, 3.63) is 0 Å². The third kappa shape index (κ3) is 6.29. The smallest absolute Gasteiger partial charge is 0.355 e. The number of hydrogen-bond donors (Lipinski definition) is 0. The molecule has 0 spiro atoms. The van der Waals surface area contributed by atoms with Crippen LogP contribution in [0.5, 0.6) is 0 Å². The van der Waals surface area contributed by atoms with Gasteiger partial charge in [0.05, 0.1) is 0 Å². The highest BCUT2D eigenvalue weighted by molar-refractivity contribution is 6.53. The quantitative estimate of drug-likeness (QED) is 0.573. The molecule has 0 amide bonds. The van der Waals surface area contributed by atoms with E-state index in [1.165, 1.54) is 0 Å². The summed E-state index contributed by atoms with van der Waals surface area (Å²) in [4.78, 5) is 0. The summed E-state index contributed by atoms with van der Waals surface area (Å²) in [7, 11) is -1.41. The molecule has 0 aromatic rings. The van der Waals surface area contributed by atoms with Crippen LogP contribution in [-0.2, 0) is 17.7 Å². The topological polar surface area (TPSA) is 36.9 Å². The number of hydrogen-bond acceptors (Lipinski definition) is 4. The Kier molecular flexibility index (Phi) is 9.07. The molecule has 5 heteroatoms. The van der Waals surface area contributed by atoms with Gasteiger partial charge in [0.2, 0.25) is 0 Å². The third-order valence-corrected chi connectivity index (χ3v) is 5.58. The molecule has 0 bridgehead atoms. The second-order valence-electron chi connectivity index (χ2n) is 4.71. The van der Waals surface area contributed by atoms with Crippen LogP contribution in [0.2, 0.25) is 0 Å². The Morgan fingerprint density at radius 3 is 1.17 bits per heavy atom. The zero-order valence-electron chi connectivity index (χ0n) is 13.0. The molecule has 18 heavy (non-hydrogen) atoms. The van der Waals surface area contributed by atoms with Crippen molar-refractivity contribution >= 4 is 9.05 Å². The van der Waals surface area contributed by atoms with Crippen LogP contribution in [-0.4, -0.2) is 34.5 Å². The van der Waals surface area contributed by atoms with Gasteiger partial charge in [-0.2, -0.15) is 0 Å². The van der Waals surface area contributed by atoms with Crippen molar-refractivity contribution in [1.82, 2.24) is 0 Å². The first kappa shape index (κ1) is 18.1. The minimum absolute atomic E-state index is 0.0738. The van der Waals surface area contributed by atoms with Crippen molar-refractivity contribution < 1.29 is 17.7 Å². The first-order valence-electron chi connectivity index (χ1n) is 7.01. The van der Waals surface area contributed by atoms with E-state index in [9.17, 15) is 0 Å². The minimum Gasteiger partial charge on any atom is -0.355 e. The van der Waals surface area contributed by atoms with Gasteiger partial charge in [-0.1, -0.05) is 20.8 Å². The van der Waals surface area contributed by atoms with Gasteiger partial charge in [0.15, 0.2) is 0 Å². The lowest BCUT2D eigenvalue weighted by molar-refractivity contribution is -0.0751. The molecular weight excluding hydrogens is 248 g/mol. The predicted octanol–water partition coefficient (Wildman–Crippen LogP) is 3.51. The summed E-state index contributed by atoms with van der Waals surface area (Å²) in [6.07, 6.45) is 2.95. The van der Waals surface area contributed by atoms with Crippen molar-refractivity contribution in [3.63, 3.8) is 0 Å². The van der Waals surface area contributed by atoms with Crippen LogP contribution in [0.3, 0.4) is 0 Å². The monoisotopic (exact) mass is 278 g/mol. The van der Waals surface area contributed by atoms with Crippen LogP contribution in [0.4, 0.5) is 0 Å². The van der Waals surface area contributed by atoms with Gasteiger partial charge < -0.3 is 17.7 Å². The maximum atomic E-state index is 5.95. The summed E-state index contributed by atoms with van der Waals surface area (Å²) < 4.78 is 23.4. The number of rotatable bonds is 10. The summed E-state index contributed by atoms with van der Waals surface area (Å²) in [6, 6.07) is 0.